The third kappa shape index (κ3) is 1.07. The van der Waals surface area contributed by atoms with Crippen molar-refractivity contribution in [1.82, 2.24) is 0 Å². The van der Waals surface area contributed by atoms with Gasteiger partial charge in [-0.3, -0.25) is 4.79 Å². The molecule has 64 valence electrons. The third-order valence-corrected chi connectivity index (χ3v) is 2.60. The van der Waals surface area contributed by atoms with Crippen molar-refractivity contribution in [3.8, 4) is 0 Å². The highest BCUT2D eigenvalue weighted by Gasteiger charge is 2.27. The van der Waals surface area contributed by atoms with E-state index in [1.54, 1.807) is 12.3 Å². The predicted molar refractivity (Wildman–Crippen MR) is 45.1 cm³/mol. The molecule has 0 unspecified atom stereocenters. The molecule has 0 amide bonds. The van der Waals surface area contributed by atoms with E-state index in [1.165, 1.54) is 6.42 Å². The molecule has 2 rings (SSSR count). The lowest BCUT2D eigenvalue weighted by atomic mass is 9.80. The van der Waals surface area contributed by atoms with Gasteiger partial charge < -0.3 is 4.42 Å². The molecule has 2 nitrogen and oxygen atoms in total. The largest absolute Gasteiger partial charge is 0.469 e. The molecule has 1 aliphatic carbocycles. The molecule has 1 aliphatic rings. The highest BCUT2D eigenvalue weighted by molar-refractivity contribution is 5.99. The summed E-state index contributed by atoms with van der Waals surface area (Å²) in [6.07, 6.45) is 4.90. The Morgan fingerprint density at radius 2 is 2.33 bits per heavy atom. The van der Waals surface area contributed by atoms with Crippen LogP contribution in [0.25, 0.3) is 0 Å². The minimum absolute atomic E-state index is 0.271. The normalized spacial score (nSPS) is 17.4. The lowest BCUT2D eigenvalue weighted by molar-refractivity contribution is 0.0853. The van der Waals surface area contributed by atoms with Gasteiger partial charge in [0.2, 0.25) is 0 Å². The zero-order valence-electron chi connectivity index (χ0n) is 7.17. The van der Waals surface area contributed by atoms with E-state index in [4.69, 9.17) is 4.42 Å². The Hall–Kier alpha value is -1.05. The maximum Gasteiger partial charge on any atom is 0.169 e. The number of furan rings is 1. The summed E-state index contributed by atoms with van der Waals surface area (Å²) in [6, 6.07) is 1.77. The van der Waals surface area contributed by atoms with Crippen LogP contribution in [0.5, 0.6) is 0 Å². The molecule has 0 radical (unpaired) electrons. The van der Waals surface area contributed by atoms with Crippen LogP contribution < -0.4 is 0 Å². The fraction of sp³-hybridized carbons (Fsp3) is 0.500. The van der Waals surface area contributed by atoms with Gasteiger partial charge in [0.05, 0.1) is 11.8 Å². The molecule has 0 atom stereocenters. The summed E-state index contributed by atoms with van der Waals surface area (Å²) in [5, 5.41) is 0. The molecule has 0 N–H and O–H groups in total. The second-order valence-electron chi connectivity index (χ2n) is 3.38. The van der Waals surface area contributed by atoms with Gasteiger partial charge >= 0.3 is 0 Å². The molecule has 1 aromatic rings. The summed E-state index contributed by atoms with van der Waals surface area (Å²) in [7, 11) is 0. The average molecular weight is 164 g/mol. The Morgan fingerprint density at radius 3 is 2.75 bits per heavy atom. The van der Waals surface area contributed by atoms with Crippen molar-refractivity contribution in [1.29, 1.82) is 0 Å². The SMILES string of the molecule is Cc1occc1C(=O)C1CCC1. The lowest BCUT2D eigenvalue weighted by Crippen LogP contribution is -2.21. The van der Waals surface area contributed by atoms with Crippen LogP contribution in [-0.2, 0) is 0 Å². The van der Waals surface area contributed by atoms with E-state index in [0.717, 1.165) is 24.2 Å². The van der Waals surface area contributed by atoms with Gasteiger partial charge in [-0.2, -0.15) is 0 Å². The molecule has 1 heterocycles. The zero-order valence-corrected chi connectivity index (χ0v) is 7.17. The summed E-state index contributed by atoms with van der Waals surface area (Å²) < 4.78 is 5.08. The summed E-state index contributed by atoms with van der Waals surface area (Å²) in [5.41, 5.74) is 0.778. The van der Waals surface area contributed by atoms with Gasteiger partial charge in [0.15, 0.2) is 5.78 Å². The second-order valence-corrected chi connectivity index (χ2v) is 3.38. The van der Waals surface area contributed by atoms with Crippen LogP contribution in [0.15, 0.2) is 16.7 Å². The first-order valence-corrected chi connectivity index (χ1v) is 4.37. The van der Waals surface area contributed by atoms with Crippen molar-refractivity contribution >= 4 is 5.78 Å². The van der Waals surface area contributed by atoms with Crippen molar-refractivity contribution < 1.29 is 9.21 Å². The van der Waals surface area contributed by atoms with Crippen LogP contribution in [0, 0.1) is 12.8 Å². The minimum atomic E-state index is 0.271. The quantitative estimate of drug-likeness (QED) is 0.629. The Balaban J connectivity index is 2.19. The van der Waals surface area contributed by atoms with E-state index < -0.39 is 0 Å². The fourth-order valence-electron chi connectivity index (χ4n) is 1.53. The average Bonchev–Trinajstić information content (AvgIpc) is 2.31. The Kier molecular flexibility index (Phi) is 1.75. The molecule has 0 aliphatic heterocycles. The van der Waals surface area contributed by atoms with E-state index in [-0.39, 0.29) is 11.7 Å². The molecule has 12 heavy (non-hydrogen) atoms. The van der Waals surface area contributed by atoms with Crippen LogP contribution in [0.3, 0.4) is 0 Å². The number of hydrogen-bond acceptors (Lipinski definition) is 2. The number of hydrogen-bond donors (Lipinski definition) is 0. The zero-order chi connectivity index (χ0) is 8.55. The van der Waals surface area contributed by atoms with Crippen molar-refractivity contribution in [2.45, 2.75) is 26.2 Å². The number of ketones is 1. The third-order valence-electron chi connectivity index (χ3n) is 2.60. The first-order valence-electron chi connectivity index (χ1n) is 4.37. The Labute approximate surface area is 71.6 Å². The van der Waals surface area contributed by atoms with Gasteiger partial charge in [-0.1, -0.05) is 6.42 Å². The van der Waals surface area contributed by atoms with Crippen LogP contribution in [0.2, 0.25) is 0 Å². The van der Waals surface area contributed by atoms with E-state index in [0.29, 0.717) is 0 Å². The van der Waals surface area contributed by atoms with Crippen molar-refractivity contribution in [2.24, 2.45) is 5.92 Å². The highest BCUT2D eigenvalue weighted by atomic mass is 16.3. The second kappa shape index (κ2) is 2.77. The number of rotatable bonds is 2. The highest BCUT2D eigenvalue weighted by Crippen LogP contribution is 2.30. The van der Waals surface area contributed by atoms with Crippen LogP contribution >= 0.6 is 0 Å². The Bertz CT molecular complexity index is 295. The van der Waals surface area contributed by atoms with Crippen LogP contribution in [0.4, 0.5) is 0 Å². The molecule has 2 heteroatoms. The van der Waals surface area contributed by atoms with Crippen molar-refractivity contribution in [3.05, 3.63) is 23.7 Å². The molecule has 1 saturated carbocycles. The molecular weight excluding hydrogens is 152 g/mol. The maximum absolute atomic E-state index is 11.6. The van der Waals surface area contributed by atoms with Gasteiger partial charge in [0.25, 0.3) is 0 Å². The van der Waals surface area contributed by atoms with Gasteiger partial charge in [0, 0.05) is 5.92 Å². The van der Waals surface area contributed by atoms with Crippen LogP contribution in [-0.4, -0.2) is 5.78 Å². The van der Waals surface area contributed by atoms with E-state index in [2.05, 4.69) is 0 Å². The first-order chi connectivity index (χ1) is 5.79. The topological polar surface area (TPSA) is 30.2 Å². The molecule has 0 saturated heterocycles. The van der Waals surface area contributed by atoms with Crippen molar-refractivity contribution in [3.63, 3.8) is 0 Å². The van der Waals surface area contributed by atoms with Gasteiger partial charge in [-0.15, -0.1) is 0 Å². The van der Waals surface area contributed by atoms with Gasteiger partial charge in [0.1, 0.15) is 5.76 Å². The lowest BCUT2D eigenvalue weighted by Gasteiger charge is -2.23. The smallest absolute Gasteiger partial charge is 0.169 e. The molecule has 1 fully saturated rings. The molecule has 0 bridgehead atoms. The first kappa shape index (κ1) is 7.59. The van der Waals surface area contributed by atoms with Crippen LogP contribution in [0.1, 0.15) is 35.4 Å². The van der Waals surface area contributed by atoms with E-state index >= 15 is 0 Å². The summed E-state index contributed by atoms with van der Waals surface area (Å²) >= 11 is 0. The number of carbonyl (C=O) groups is 1. The fourth-order valence-corrected chi connectivity index (χ4v) is 1.53. The summed E-state index contributed by atoms with van der Waals surface area (Å²) in [6.45, 7) is 1.84. The molecule has 0 aromatic carbocycles. The standard InChI is InChI=1S/C10H12O2/c1-7-9(5-6-12-7)10(11)8-3-2-4-8/h5-6,8H,2-4H2,1H3. The van der Waals surface area contributed by atoms with Gasteiger partial charge in [-0.05, 0) is 25.8 Å². The number of Topliss-reactive ketones (excluding diaryl/α,β-unsaturated/α-hetero) is 1. The maximum atomic E-state index is 11.6. The van der Waals surface area contributed by atoms with Gasteiger partial charge in [-0.25, -0.2) is 0 Å². The summed E-state index contributed by atoms with van der Waals surface area (Å²) in [5.74, 6) is 1.31. The minimum Gasteiger partial charge on any atom is -0.469 e. The Morgan fingerprint density at radius 1 is 1.58 bits per heavy atom. The monoisotopic (exact) mass is 164 g/mol. The molecular formula is C10H12O2. The molecule has 1 aromatic heterocycles. The predicted octanol–water partition coefficient (Wildman–Crippen LogP) is 2.57. The number of aryl methyl sites for hydroxylation is 1. The van der Waals surface area contributed by atoms with E-state index in [9.17, 15) is 4.79 Å². The number of carbonyl (C=O) groups excluding carboxylic acids is 1. The van der Waals surface area contributed by atoms with Crippen molar-refractivity contribution in [2.75, 3.05) is 0 Å². The molecule has 0 spiro atoms. The summed E-state index contributed by atoms with van der Waals surface area (Å²) in [4.78, 5) is 11.6. The van der Waals surface area contributed by atoms with E-state index in [1.807, 2.05) is 6.92 Å².